The number of morpholine rings is 1. The molecular formula is C15H24N4O. The van der Waals surface area contributed by atoms with Crippen molar-refractivity contribution in [3.05, 3.63) is 23.3 Å². The minimum absolute atomic E-state index is 0.0136. The zero-order chi connectivity index (χ0) is 14.3. The van der Waals surface area contributed by atoms with Gasteiger partial charge in [0.25, 0.3) is 0 Å². The van der Waals surface area contributed by atoms with Crippen molar-refractivity contribution in [3.8, 4) is 0 Å². The smallest absolute Gasteiger partial charge is 0.158 e. The molecule has 1 aliphatic heterocycles. The van der Waals surface area contributed by atoms with E-state index in [1.165, 1.54) is 0 Å². The molecule has 2 N–H and O–H groups in total. The van der Waals surface area contributed by atoms with Gasteiger partial charge in [0.1, 0.15) is 6.10 Å². The molecule has 0 spiro atoms. The number of hydrogen-bond acceptors (Lipinski definition) is 5. The number of likely N-dealkylation sites (N-methyl/N-ethyl adjacent to an activating group) is 1. The van der Waals surface area contributed by atoms with Gasteiger partial charge in [0.2, 0.25) is 0 Å². The Hall–Kier alpha value is -1.04. The standard InChI is InChI=1S/C15H24N4O/c1-15(2)6-11(16)10-8-17-14(18-12(10)7-15)13-9-19(3)4-5-20-13/h8,11,13H,4-7,9,16H2,1-3H3. The molecule has 0 amide bonds. The van der Waals surface area contributed by atoms with Crippen LogP contribution in [0.25, 0.3) is 0 Å². The highest BCUT2D eigenvalue weighted by atomic mass is 16.5. The maximum Gasteiger partial charge on any atom is 0.158 e. The third-order valence-corrected chi connectivity index (χ3v) is 4.29. The van der Waals surface area contributed by atoms with Crippen LogP contribution in [0.3, 0.4) is 0 Å². The Morgan fingerprint density at radius 1 is 1.45 bits per heavy atom. The first-order valence-corrected chi connectivity index (χ1v) is 7.36. The maximum atomic E-state index is 6.25. The largest absolute Gasteiger partial charge is 0.368 e. The second kappa shape index (κ2) is 5.06. The fourth-order valence-corrected chi connectivity index (χ4v) is 3.21. The monoisotopic (exact) mass is 276 g/mol. The lowest BCUT2D eigenvalue weighted by molar-refractivity contribution is -0.0257. The highest BCUT2D eigenvalue weighted by Gasteiger charge is 2.32. The molecule has 0 radical (unpaired) electrons. The lowest BCUT2D eigenvalue weighted by Crippen LogP contribution is -2.37. The van der Waals surface area contributed by atoms with Crippen LogP contribution in [0.4, 0.5) is 0 Å². The highest BCUT2D eigenvalue weighted by Crippen LogP contribution is 2.38. The van der Waals surface area contributed by atoms with Gasteiger partial charge in [0.05, 0.1) is 6.61 Å². The molecule has 1 aromatic heterocycles. The van der Waals surface area contributed by atoms with E-state index in [2.05, 4.69) is 30.8 Å². The van der Waals surface area contributed by atoms with Crippen molar-refractivity contribution in [1.29, 1.82) is 0 Å². The summed E-state index contributed by atoms with van der Waals surface area (Å²) in [4.78, 5) is 11.5. The lowest BCUT2D eigenvalue weighted by atomic mass is 9.74. The van der Waals surface area contributed by atoms with E-state index in [4.69, 9.17) is 15.5 Å². The second-order valence-corrected chi connectivity index (χ2v) is 6.90. The van der Waals surface area contributed by atoms with Gasteiger partial charge in [-0.2, -0.15) is 0 Å². The summed E-state index contributed by atoms with van der Waals surface area (Å²) in [6, 6.07) is 0.0535. The number of aromatic nitrogens is 2. The molecule has 2 atom stereocenters. The van der Waals surface area contributed by atoms with Gasteiger partial charge in [-0.3, -0.25) is 0 Å². The third-order valence-electron chi connectivity index (χ3n) is 4.29. The van der Waals surface area contributed by atoms with Gasteiger partial charge in [0.15, 0.2) is 5.82 Å². The Morgan fingerprint density at radius 3 is 3.00 bits per heavy atom. The van der Waals surface area contributed by atoms with E-state index >= 15 is 0 Å². The molecule has 0 aromatic carbocycles. The summed E-state index contributed by atoms with van der Waals surface area (Å²) in [6.45, 7) is 7.07. The molecule has 0 bridgehead atoms. The van der Waals surface area contributed by atoms with Crippen LogP contribution in [0.5, 0.6) is 0 Å². The highest BCUT2D eigenvalue weighted by molar-refractivity contribution is 5.26. The van der Waals surface area contributed by atoms with E-state index in [1.807, 2.05) is 6.20 Å². The number of hydrogen-bond donors (Lipinski definition) is 1. The van der Waals surface area contributed by atoms with Crippen LogP contribution in [0.1, 0.15) is 49.5 Å². The van der Waals surface area contributed by atoms with Crippen molar-refractivity contribution >= 4 is 0 Å². The van der Waals surface area contributed by atoms with Crippen LogP contribution < -0.4 is 5.73 Å². The molecule has 110 valence electrons. The van der Waals surface area contributed by atoms with E-state index in [0.29, 0.717) is 0 Å². The maximum absolute atomic E-state index is 6.25. The Labute approximate surface area is 120 Å². The van der Waals surface area contributed by atoms with Crippen molar-refractivity contribution in [2.45, 2.75) is 38.8 Å². The summed E-state index contributed by atoms with van der Waals surface area (Å²) in [5, 5.41) is 0. The van der Waals surface area contributed by atoms with E-state index in [0.717, 1.165) is 49.6 Å². The Kier molecular flexibility index (Phi) is 3.52. The molecule has 5 nitrogen and oxygen atoms in total. The number of rotatable bonds is 1. The van der Waals surface area contributed by atoms with Gasteiger partial charge in [-0.1, -0.05) is 13.8 Å². The van der Waals surface area contributed by atoms with Crippen LogP contribution in [-0.2, 0) is 11.2 Å². The zero-order valence-electron chi connectivity index (χ0n) is 12.6. The normalized spacial score (nSPS) is 30.0. The number of ether oxygens (including phenoxy) is 1. The zero-order valence-corrected chi connectivity index (χ0v) is 12.6. The van der Waals surface area contributed by atoms with E-state index in [1.54, 1.807) is 0 Å². The molecule has 1 saturated heterocycles. The van der Waals surface area contributed by atoms with Gasteiger partial charge in [0, 0.05) is 36.6 Å². The summed E-state index contributed by atoms with van der Waals surface area (Å²) >= 11 is 0. The first-order chi connectivity index (χ1) is 9.44. The van der Waals surface area contributed by atoms with E-state index in [9.17, 15) is 0 Å². The van der Waals surface area contributed by atoms with Gasteiger partial charge < -0.3 is 15.4 Å². The first-order valence-electron chi connectivity index (χ1n) is 7.36. The van der Waals surface area contributed by atoms with Gasteiger partial charge in [-0.15, -0.1) is 0 Å². The van der Waals surface area contributed by atoms with Gasteiger partial charge in [-0.25, -0.2) is 9.97 Å². The van der Waals surface area contributed by atoms with Crippen LogP contribution in [0.2, 0.25) is 0 Å². The fraction of sp³-hybridized carbons (Fsp3) is 0.733. The van der Waals surface area contributed by atoms with Crippen molar-refractivity contribution in [1.82, 2.24) is 14.9 Å². The topological polar surface area (TPSA) is 64.3 Å². The molecule has 2 aliphatic rings. The molecule has 1 fully saturated rings. The summed E-state index contributed by atoms with van der Waals surface area (Å²) in [5.74, 6) is 0.806. The molecule has 1 aliphatic carbocycles. The molecule has 1 aromatic rings. The molecule has 2 heterocycles. The molecule has 3 rings (SSSR count). The quantitative estimate of drug-likeness (QED) is 0.841. The summed E-state index contributed by atoms with van der Waals surface area (Å²) in [6.07, 6.45) is 3.86. The summed E-state index contributed by atoms with van der Waals surface area (Å²) in [5.41, 5.74) is 8.68. The average molecular weight is 276 g/mol. The SMILES string of the molecule is CN1CCOC(c2ncc3c(n2)CC(C)(C)CC3N)C1. The predicted octanol–water partition coefficient (Wildman–Crippen LogP) is 1.45. The molecule has 2 unspecified atom stereocenters. The molecule has 0 saturated carbocycles. The van der Waals surface area contributed by atoms with Crippen LogP contribution in [-0.4, -0.2) is 41.6 Å². The van der Waals surface area contributed by atoms with E-state index < -0.39 is 0 Å². The van der Waals surface area contributed by atoms with Crippen molar-refractivity contribution < 1.29 is 4.74 Å². The first kappa shape index (κ1) is 13.9. The number of nitrogens with zero attached hydrogens (tertiary/aromatic N) is 3. The third kappa shape index (κ3) is 2.71. The molecular weight excluding hydrogens is 252 g/mol. The van der Waals surface area contributed by atoms with Crippen LogP contribution in [0.15, 0.2) is 6.20 Å². The minimum atomic E-state index is -0.0136. The van der Waals surface area contributed by atoms with Crippen molar-refractivity contribution in [3.63, 3.8) is 0 Å². The summed E-state index contributed by atoms with van der Waals surface area (Å²) in [7, 11) is 2.10. The average Bonchev–Trinajstić information content (AvgIpc) is 2.36. The summed E-state index contributed by atoms with van der Waals surface area (Å²) < 4.78 is 5.81. The predicted molar refractivity (Wildman–Crippen MR) is 77.3 cm³/mol. The number of nitrogens with two attached hydrogens (primary N) is 1. The number of fused-ring (bicyclic) bond motifs is 1. The fourth-order valence-electron chi connectivity index (χ4n) is 3.21. The van der Waals surface area contributed by atoms with Crippen molar-refractivity contribution in [2.24, 2.45) is 11.1 Å². The van der Waals surface area contributed by atoms with E-state index in [-0.39, 0.29) is 17.6 Å². The minimum Gasteiger partial charge on any atom is -0.368 e. The van der Waals surface area contributed by atoms with Crippen LogP contribution in [0, 0.1) is 5.41 Å². The molecule has 5 heteroatoms. The van der Waals surface area contributed by atoms with Crippen molar-refractivity contribution in [2.75, 3.05) is 26.7 Å². The lowest BCUT2D eigenvalue weighted by Gasteiger charge is -2.35. The van der Waals surface area contributed by atoms with Gasteiger partial charge in [-0.05, 0) is 25.3 Å². The Morgan fingerprint density at radius 2 is 2.25 bits per heavy atom. The molecule has 20 heavy (non-hydrogen) atoms. The Bertz CT molecular complexity index is 503. The van der Waals surface area contributed by atoms with Crippen LogP contribution >= 0.6 is 0 Å². The second-order valence-electron chi connectivity index (χ2n) is 6.90. The van der Waals surface area contributed by atoms with Gasteiger partial charge >= 0.3 is 0 Å². The Balaban J connectivity index is 1.89.